The molecular formula is C16H19ClN2O2. The van der Waals surface area contributed by atoms with Crippen LogP contribution in [0.25, 0.3) is 0 Å². The topological polar surface area (TPSA) is 56.5 Å². The molecule has 0 saturated heterocycles. The fourth-order valence-electron chi connectivity index (χ4n) is 2.10. The minimum atomic E-state index is 0.627. The molecule has 0 aliphatic rings. The number of rotatable bonds is 6. The molecule has 21 heavy (non-hydrogen) atoms. The van der Waals surface area contributed by atoms with Crippen LogP contribution in [0.3, 0.4) is 0 Å². The van der Waals surface area contributed by atoms with Crippen molar-refractivity contribution in [2.75, 3.05) is 31.8 Å². The van der Waals surface area contributed by atoms with Crippen LogP contribution in [0.1, 0.15) is 5.56 Å². The second kappa shape index (κ2) is 7.09. The van der Waals surface area contributed by atoms with Gasteiger partial charge in [-0.15, -0.1) is 0 Å². The third kappa shape index (κ3) is 3.73. The maximum Gasteiger partial charge on any atom is 0.160 e. The van der Waals surface area contributed by atoms with Gasteiger partial charge in [0, 0.05) is 6.54 Å². The maximum atomic E-state index is 6.12. The Hall–Kier alpha value is -2.07. The van der Waals surface area contributed by atoms with Crippen LogP contribution in [0.2, 0.25) is 5.02 Å². The number of halogens is 1. The van der Waals surface area contributed by atoms with Gasteiger partial charge in [0.1, 0.15) is 0 Å². The summed E-state index contributed by atoms with van der Waals surface area (Å²) >= 11 is 6.12. The predicted molar refractivity (Wildman–Crippen MR) is 87.6 cm³/mol. The van der Waals surface area contributed by atoms with Crippen LogP contribution in [0.4, 0.5) is 11.4 Å². The van der Waals surface area contributed by atoms with Gasteiger partial charge in [-0.25, -0.2) is 0 Å². The summed E-state index contributed by atoms with van der Waals surface area (Å²) in [5.74, 6) is 1.46. The zero-order chi connectivity index (χ0) is 15.2. The Bertz CT molecular complexity index is 597. The maximum absolute atomic E-state index is 6.12. The highest BCUT2D eigenvalue weighted by Gasteiger charge is 2.06. The molecule has 0 aliphatic carbocycles. The van der Waals surface area contributed by atoms with Gasteiger partial charge < -0.3 is 20.5 Å². The van der Waals surface area contributed by atoms with Crippen LogP contribution in [-0.4, -0.2) is 20.8 Å². The standard InChI is InChI=1S/C16H19ClN2O2/c1-20-14-7-6-11(10-15(14)21-2)8-9-19-16-12(17)4-3-5-13(16)18/h3-7,10,19H,8-9,18H2,1-2H3. The first-order valence-corrected chi connectivity index (χ1v) is 7.02. The van der Waals surface area contributed by atoms with E-state index in [9.17, 15) is 0 Å². The van der Waals surface area contributed by atoms with Crippen molar-refractivity contribution in [2.24, 2.45) is 0 Å². The number of para-hydroxylation sites is 1. The molecule has 5 heteroatoms. The van der Waals surface area contributed by atoms with Crippen LogP contribution in [0.5, 0.6) is 11.5 Å². The van der Waals surface area contributed by atoms with Gasteiger partial charge in [0.15, 0.2) is 11.5 Å². The van der Waals surface area contributed by atoms with E-state index in [0.29, 0.717) is 10.7 Å². The van der Waals surface area contributed by atoms with Crippen molar-refractivity contribution in [3.05, 3.63) is 47.0 Å². The number of ether oxygens (including phenoxy) is 2. The Morgan fingerprint density at radius 3 is 2.52 bits per heavy atom. The number of anilines is 2. The van der Waals surface area contributed by atoms with Crippen LogP contribution < -0.4 is 20.5 Å². The highest BCUT2D eigenvalue weighted by atomic mass is 35.5. The molecule has 0 bridgehead atoms. The molecule has 4 nitrogen and oxygen atoms in total. The zero-order valence-electron chi connectivity index (χ0n) is 12.2. The van der Waals surface area contributed by atoms with E-state index in [2.05, 4.69) is 5.32 Å². The van der Waals surface area contributed by atoms with Gasteiger partial charge >= 0.3 is 0 Å². The fraction of sp³-hybridized carbons (Fsp3) is 0.250. The summed E-state index contributed by atoms with van der Waals surface area (Å²) in [6, 6.07) is 11.4. The molecule has 0 atom stereocenters. The molecule has 0 unspecified atom stereocenters. The van der Waals surface area contributed by atoms with Crippen molar-refractivity contribution < 1.29 is 9.47 Å². The lowest BCUT2D eigenvalue weighted by Crippen LogP contribution is -2.07. The van der Waals surface area contributed by atoms with Gasteiger partial charge in [0.05, 0.1) is 30.6 Å². The van der Waals surface area contributed by atoms with Gasteiger partial charge in [-0.05, 0) is 36.2 Å². The van der Waals surface area contributed by atoms with Crippen molar-refractivity contribution in [3.63, 3.8) is 0 Å². The number of hydrogen-bond acceptors (Lipinski definition) is 4. The van der Waals surface area contributed by atoms with Gasteiger partial charge in [0.2, 0.25) is 0 Å². The molecule has 2 rings (SSSR count). The largest absolute Gasteiger partial charge is 0.493 e. The summed E-state index contributed by atoms with van der Waals surface area (Å²) in [5, 5.41) is 3.89. The number of benzene rings is 2. The first kappa shape index (κ1) is 15.3. The average Bonchev–Trinajstić information content (AvgIpc) is 2.50. The summed E-state index contributed by atoms with van der Waals surface area (Å²) in [6.45, 7) is 0.726. The molecule has 0 amide bonds. The lowest BCUT2D eigenvalue weighted by atomic mass is 10.1. The van der Waals surface area contributed by atoms with Crippen molar-refractivity contribution in [1.29, 1.82) is 0 Å². The third-order valence-electron chi connectivity index (χ3n) is 3.21. The van der Waals surface area contributed by atoms with Crippen molar-refractivity contribution in [1.82, 2.24) is 0 Å². The molecule has 2 aromatic rings. The Morgan fingerprint density at radius 2 is 1.86 bits per heavy atom. The molecule has 0 aromatic heterocycles. The van der Waals surface area contributed by atoms with E-state index >= 15 is 0 Å². The zero-order valence-corrected chi connectivity index (χ0v) is 12.9. The average molecular weight is 307 g/mol. The molecule has 3 N–H and O–H groups in total. The highest BCUT2D eigenvalue weighted by molar-refractivity contribution is 6.33. The summed E-state index contributed by atoms with van der Waals surface area (Å²) in [4.78, 5) is 0. The van der Waals surface area contributed by atoms with Crippen LogP contribution in [0, 0.1) is 0 Å². The summed E-state index contributed by atoms with van der Waals surface area (Å²) in [6.07, 6.45) is 0.824. The number of methoxy groups -OCH3 is 2. The quantitative estimate of drug-likeness (QED) is 0.801. The molecule has 0 fully saturated rings. The molecule has 0 aliphatic heterocycles. The molecule has 0 saturated carbocycles. The minimum Gasteiger partial charge on any atom is -0.493 e. The lowest BCUT2D eigenvalue weighted by Gasteiger charge is -2.12. The van der Waals surface area contributed by atoms with E-state index < -0.39 is 0 Å². The van der Waals surface area contributed by atoms with E-state index in [1.807, 2.05) is 36.4 Å². The summed E-state index contributed by atoms with van der Waals surface area (Å²) in [7, 11) is 3.25. The van der Waals surface area contributed by atoms with Crippen LogP contribution >= 0.6 is 11.6 Å². The number of nitrogen functional groups attached to an aromatic ring is 1. The smallest absolute Gasteiger partial charge is 0.160 e. The Kier molecular flexibility index (Phi) is 5.17. The van der Waals surface area contributed by atoms with E-state index in [-0.39, 0.29) is 0 Å². The van der Waals surface area contributed by atoms with Crippen molar-refractivity contribution >= 4 is 23.0 Å². The van der Waals surface area contributed by atoms with Crippen LogP contribution in [0.15, 0.2) is 36.4 Å². The molecular weight excluding hydrogens is 288 g/mol. The SMILES string of the molecule is COc1ccc(CCNc2c(N)cccc2Cl)cc1OC. The second-order valence-corrected chi connectivity index (χ2v) is 4.98. The molecule has 0 heterocycles. The monoisotopic (exact) mass is 306 g/mol. The first-order chi connectivity index (χ1) is 10.2. The van der Waals surface area contributed by atoms with Gasteiger partial charge in [0.25, 0.3) is 0 Å². The second-order valence-electron chi connectivity index (χ2n) is 4.57. The molecule has 0 spiro atoms. The first-order valence-electron chi connectivity index (χ1n) is 6.64. The normalized spacial score (nSPS) is 10.2. The lowest BCUT2D eigenvalue weighted by molar-refractivity contribution is 0.354. The predicted octanol–water partition coefficient (Wildman–Crippen LogP) is 3.59. The summed E-state index contributed by atoms with van der Waals surface area (Å²) in [5.41, 5.74) is 8.47. The van der Waals surface area contributed by atoms with Crippen LogP contribution in [-0.2, 0) is 6.42 Å². The van der Waals surface area contributed by atoms with Gasteiger partial charge in [-0.1, -0.05) is 23.7 Å². The Labute approximate surface area is 129 Å². The van der Waals surface area contributed by atoms with Crippen molar-refractivity contribution in [2.45, 2.75) is 6.42 Å². The van der Waals surface area contributed by atoms with Gasteiger partial charge in [-0.2, -0.15) is 0 Å². The molecule has 0 radical (unpaired) electrons. The van der Waals surface area contributed by atoms with Gasteiger partial charge in [-0.3, -0.25) is 0 Å². The number of nitrogens with one attached hydrogen (secondary N) is 1. The molecule has 2 aromatic carbocycles. The summed E-state index contributed by atoms with van der Waals surface area (Å²) < 4.78 is 10.5. The van der Waals surface area contributed by atoms with E-state index in [4.69, 9.17) is 26.8 Å². The highest BCUT2D eigenvalue weighted by Crippen LogP contribution is 2.29. The number of nitrogens with two attached hydrogens (primary N) is 1. The Morgan fingerprint density at radius 1 is 1.10 bits per heavy atom. The van der Waals surface area contributed by atoms with E-state index in [1.165, 1.54) is 0 Å². The Balaban J connectivity index is 2.00. The fourth-order valence-corrected chi connectivity index (χ4v) is 2.34. The molecule has 112 valence electrons. The number of hydrogen-bond donors (Lipinski definition) is 2. The van der Waals surface area contributed by atoms with Crippen molar-refractivity contribution in [3.8, 4) is 11.5 Å². The third-order valence-corrected chi connectivity index (χ3v) is 3.52. The minimum absolute atomic E-state index is 0.627. The van der Waals surface area contributed by atoms with E-state index in [1.54, 1.807) is 14.2 Å². The van der Waals surface area contributed by atoms with E-state index in [0.717, 1.165) is 35.7 Å².